The van der Waals surface area contributed by atoms with E-state index in [1.807, 2.05) is 61.7 Å². The van der Waals surface area contributed by atoms with E-state index in [0.29, 0.717) is 30.2 Å². The first-order chi connectivity index (χ1) is 15.9. The molecular weight excluding hydrogens is 436 g/mol. The summed E-state index contributed by atoms with van der Waals surface area (Å²) in [6, 6.07) is 18.9. The van der Waals surface area contributed by atoms with Gasteiger partial charge in [0.15, 0.2) is 0 Å². The summed E-state index contributed by atoms with van der Waals surface area (Å²) in [6.07, 6.45) is 0. The van der Waals surface area contributed by atoms with Gasteiger partial charge in [-0.2, -0.15) is 0 Å². The summed E-state index contributed by atoms with van der Waals surface area (Å²) in [6.45, 7) is 4.71. The van der Waals surface area contributed by atoms with Crippen molar-refractivity contribution in [2.24, 2.45) is 0 Å². The van der Waals surface area contributed by atoms with Crippen LogP contribution in [0.4, 0.5) is 0 Å². The van der Waals surface area contributed by atoms with Crippen LogP contribution in [0.3, 0.4) is 0 Å². The highest BCUT2D eigenvalue weighted by molar-refractivity contribution is 7.09. The van der Waals surface area contributed by atoms with Crippen LogP contribution >= 0.6 is 11.3 Å². The number of amides is 2. The van der Waals surface area contributed by atoms with Crippen LogP contribution < -0.4 is 9.47 Å². The Balaban J connectivity index is 1.87. The molecule has 0 bridgehead atoms. The Labute approximate surface area is 199 Å². The van der Waals surface area contributed by atoms with Gasteiger partial charge in [0.05, 0.1) is 20.8 Å². The lowest BCUT2D eigenvalue weighted by molar-refractivity contribution is -0.133. The molecule has 6 nitrogen and oxygen atoms in total. The largest absolute Gasteiger partial charge is 0.496 e. The minimum Gasteiger partial charge on any atom is -0.496 e. The van der Waals surface area contributed by atoms with Crippen molar-refractivity contribution in [2.75, 3.05) is 20.8 Å². The predicted molar refractivity (Wildman–Crippen MR) is 131 cm³/mol. The van der Waals surface area contributed by atoms with Crippen LogP contribution in [0.1, 0.15) is 34.6 Å². The lowest BCUT2D eigenvalue weighted by Gasteiger charge is -2.31. The van der Waals surface area contributed by atoms with Crippen molar-refractivity contribution in [3.8, 4) is 11.5 Å². The van der Waals surface area contributed by atoms with E-state index < -0.39 is 0 Å². The smallest absolute Gasteiger partial charge is 0.262 e. The zero-order valence-electron chi connectivity index (χ0n) is 19.5. The summed E-state index contributed by atoms with van der Waals surface area (Å²) >= 11 is 1.61. The molecule has 0 saturated carbocycles. The van der Waals surface area contributed by atoms with Crippen molar-refractivity contribution in [1.29, 1.82) is 0 Å². The highest BCUT2D eigenvalue weighted by Crippen LogP contribution is 2.30. The van der Waals surface area contributed by atoms with Crippen LogP contribution in [0.2, 0.25) is 0 Å². The van der Waals surface area contributed by atoms with Gasteiger partial charge in [-0.3, -0.25) is 9.59 Å². The molecule has 0 atom stereocenters. The van der Waals surface area contributed by atoms with E-state index in [1.54, 1.807) is 39.3 Å². The number of ether oxygens (including phenoxy) is 2. The Morgan fingerprint density at radius 2 is 1.55 bits per heavy atom. The molecule has 0 spiro atoms. The lowest BCUT2D eigenvalue weighted by Crippen LogP contribution is -2.45. The zero-order valence-corrected chi connectivity index (χ0v) is 20.3. The molecule has 2 aromatic carbocycles. The van der Waals surface area contributed by atoms with Gasteiger partial charge in [-0.15, -0.1) is 11.3 Å². The fourth-order valence-corrected chi connectivity index (χ4v) is 4.29. The van der Waals surface area contributed by atoms with Gasteiger partial charge in [0, 0.05) is 17.5 Å². The van der Waals surface area contributed by atoms with Gasteiger partial charge in [0.2, 0.25) is 5.91 Å². The summed E-state index contributed by atoms with van der Waals surface area (Å²) < 4.78 is 10.8. The van der Waals surface area contributed by atoms with Gasteiger partial charge < -0.3 is 19.3 Å². The van der Waals surface area contributed by atoms with E-state index in [4.69, 9.17) is 9.47 Å². The second-order valence-corrected chi connectivity index (χ2v) is 8.91. The SMILES string of the molecule is COc1cccc(OC)c1C(=O)N(CC(=O)N(Cc1ccccc1)Cc1cccs1)C(C)C. The molecule has 3 aromatic rings. The molecule has 7 heteroatoms. The molecule has 174 valence electrons. The number of carbonyl (C=O) groups excluding carboxylic acids is 2. The molecule has 0 aliphatic heterocycles. The number of thiophene rings is 1. The topological polar surface area (TPSA) is 59.1 Å². The fraction of sp³-hybridized carbons (Fsp3) is 0.308. The first-order valence-corrected chi connectivity index (χ1v) is 11.7. The van der Waals surface area contributed by atoms with Crippen LogP contribution in [0, 0.1) is 0 Å². The average Bonchev–Trinajstić information content (AvgIpc) is 3.34. The first-order valence-electron chi connectivity index (χ1n) is 10.8. The van der Waals surface area contributed by atoms with E-state index in [9.17, 15) is 9.59 Å². The van der Waals surface area contributed by atoms with Crippen molar-refractivity contribution in [2.45, 2.75) is 33.0 Å². The minimum atomic E-state index is -0.302. The number of nitrogens with zero attached hydrogens (tertiary/aromatic N) is 2. The number of hydrogen-bond donors (Lipinski definition) is 0. The molecule has 1 heterocycles. The normalized spacial score (nSPS) is 10.7. The molecule has 33 heavy (non-hydrogen) atoms. The summed E-state index contributed by atoms with van der Waals surface area (Å²) in [5.74, 6) is 0.404. The van der Waals surface area contributed by atoms with Crippen molar-refractivity contribution in [1.82, 2.24) is 9.80 Å². The quantitative estimate of drug-likeness (QED) is 0.429. The standard InChI is InChI=1S/C26H30N2O4S/c1-19(2)28(26(30)25-22(31-3)13-8-14-23(25)32-4)18-24(29)27(17-21-12-9-15-33-21)16-20-10-6-5-7-11-20/h5-15,19H,16-18H2,1-4H3. The van der Waals surface area contributed by atoms with Crippen molar-refractivity contribution in [3.63, 3.8) is 0 Å². The third-order valence-corrected chi connectivity index (χ3v) is 6.19. The Morgan fingerprint density at radius 3 is 2.09 bits per heavy atom. The Hall–Kier alpha value is -3.32. The van der Waals surface area contributed by atoms with Crippen LogP contribution in [-0.4, -0.2) is 48.4 Å². The number of methoxy groups -OCH3 is 2. The van der Waals surface area contributed by atoms with Crippen molar-refractivity contribution >= 4 is 23.2 Å². The maximum atomic E-state index is 13.6. The average molecular weight is 467 g/mol. The molecule has 2 amide bonds. The lowest BCUT2D eigenvalue weighted by atomic mass is 10.1. The molecule has 1 aromatic heterocycles. The van der Waals surface area contributed by atoms with Gasteiger partial charge in [-0.25, -0.2) is 0 Å². The van der Waals surface area contributed by atoms with E-state index in [1.165, 1.54) is 14.2 Å². The second-order valence-electron chi connectivity index (χ2n) is 7.88. The Kier molecular flexibility index (Phi) is 8.49. The molecule has 0 aliphatic carbocycles. The molecule has 0 N–H and O–H groups in total. The second kappa shape index (κ2) is 11.5. The fourth-order valence-electron chi connectivity index (χ4n) is 3.57. The molecule has 3 rings (SSSR count). The Morgan fingerprint density at radius 1 is 0.879 bits per heavy atom. The summed E-state index contributed by atoms with van der Waals surface area (Å²) in [7, 11) is 3.03. The molecular formula is C26H30N2O4S. The number of hydrogen-bond acceptors (Lipinski definition) is 5. The minimum absolute atomic E-state index is 0.0457. The third-order valence-electron chi connectivity index (χ3n) is 5.33. The van der Waals surface area contributed by atoms with E-state index >= 15 is 0 Å². The highest BCUT2D eigenvalue weighted by Gasteiger charge is 2.29. The van der Waals surface area contributed by atoms with E-state index in [2.05, 4.69) is 0 Å². The maximum Gasteiger partial charge on any atom is 0.262 e. The molecule has 0 saturated heterocycles. The Bertz CT molecular complexity index is 1030. The van der Waals surface area contributed by atoms with Gasteiger partial charge in [0.1, 0.15) is 23.6 Å². The number of rotatable bonds is 10. The zero-order chi connectivity index (χ0) is 23.8. The number of benzene rings is 2. The molecule has 0 unspecified atom stereocenters. The first kappa shape index (κ1) is 24.3. The highest BCUT2D eigenvalue weighted by atomic mass is 32.1. The van der Waals surface area contributed by atoms with Crippen LogP contribution in [0.5, 0.6) is 11.5 Å². The van der Waals surface area contributed by atoms with Crippen molar-refractivity contribution in [3.05, 3.63) is 82.0 Å². The van der Waals surface area contributed by atoms with Gasteiger partial charge >= 0.3 is 0 Å². The van der Waals surface area contributed by atoms with Crippen molar-refractivity contribution < 1.29 is 19.1 Å². The predicted octanol–water partition coefficient (Wildman–Crippen LogP) is 4.84. The van der Waals surface area contributed by atoms with E-state index in [0.717, 1.165) is 10.4 Å². The van der Waals surface area contributed by atoms with Gasteiger partial charge in [-0.05, 0) is 43.0 Å². The van der Waals surface area contributed by atoms with Crippen LogP contribution in [-0.2, 0) is 17.9 Å². The maximum absolute atomic E-state index is 13.6. The van der Waals surface area contributed by atoms with Gasteiger partial charge in [0.25, 0.3) is 5.91 Å². The van der Waals surface area contributed by atoms with E-state index in [-0.39, 0.29) is 24.4 Å². The number of carbonyl (C=O) groups is 2. The monoisotopic (exact) mass is 466 g/mol. The molecule has 0 fully saturated rings. The summed E-state index contributed by atoms with van der Waals surface area (Å²) in [4.78, 5) is 31.5. The van der Waals surface area contributed by atoms with Gasteiger partial charge in [-0.1, -0.05) is 42.5 Å². The summed E-state index contributed by atoms with van der Waals surface area (Å²) in [5, 5.41) is 2.00. The summed E-state index contributed by atoms with van der Waals surface area (Å²) in [5.41, 5.74) is 1.35. The van der Waals surface area contributed by atoms with Crippen LogP contribution in [0.15, 0.2) is 66.0 Å². The third kappa shape index (κ3) is 6.14. The molecule has 0 radical (unpaired) electrons. The molecule has 0 aliphatic rings. The van der Waals surface area contributed by atoms with Crippen LogP contribution in [0.25, 0.3) is 0 Å².